The van der Waals surface area contributed by atoms with Gasteiger partial charge < -0.3 is 24.8 Å². The van der Waals surface area contributed by atoms with Gasteiger partial charge in [-0.1, -0.05) is 0 Å². The number of ether oxygens (including phenoxy) is 3. The minimum absolute atomic E-state index is 0.0733. The Bertz CT molecular complexity index is 417. The van der Waals surface area contributed by atoms with Gasteiger partial charge in [0.05, 0.1) is 26.4 Å². The van der Waals surface area contributed by atoms with Gasteiger partial charge in [0.1, 0.15) is 0 Å². The Hall–Kier alpha value is -0.930. The van der Waals surface area contributed by atoms with Gasteiger partial charge in [-0.3, -0.25) is 9.80 Å². The molecule has 24 heavy (non-hydrogen) atoms. The van der Waals surface area contributed by atoms with Crippen molar-refractivity contribution < 1.29 is 19.0 Å². The minimum Gasteiger partial charge on any atom is -0.383 e. The molecule has 3 aliphatic heterocycles. The van der Waals surface area contributed by atoms with Gasteiger partial charge in [0.25, 0.3) is 0 Å². The van der Waals surface area contributed by atoms with Crippen LogP contribution in [0.4, 0.5) is 4.79 Å². The Labute approximate surface area is 143 Å². The number of rotatable bonds is 7. The topological polar surface area (TPSA) is 75.3 Å². The fourth-order valence-electron chi connectivity index (χ4n) is 3.69. The predicted molar refractivity (Wildman–Crippen MR) is 88.9 cm³/mol. The molecule has 3 aliphatic rings. The third kappa shape index (κ3) is 4.80. The molecular formula is C16H30N4O4. The van der Waals surface area contributed by atoms with E-state index in [0.717, 1.165) is 58.7 Å². The number of hydrogen-bond donors (Lipinski definition) is 2. The predicted octanol–water partition coefficient (Wildman–Crippen LogP) is -0.545. The number of urea groups is 1. The molecule has 8 heteroatoms. The van der Waals surface area contributed by atoms with E-state index in [0.29, 0.717) is 19.8 Å². The normalized spacial score (nSPS) is 27.1. The highest BCUT2D eigenvalue weighted by Crippen LogP contribution is 2.29. The molecule has 1 atom stereocenters. The first-order valence-electron chi connectivity index (χ1n) is 8.95. The molecule has 1 unspecified atom stereocenters. The standard InChI is InChI=1S/C16H30N4O4/c1-22-9-8-19-5-2-14(12-19)18-15(21)17-4-7-20-6-3-16(13-20)23-10-11-24-16/h14H,2-13H2,1H3,(H2,17,18,21). The van der Waals surface area contributed by atoms with Crippen LogP contribution in [-0.2, 0) is 14.2 Å². The lowest BCUT2D eigenvalue weighted by Crippen LogP contribution is -2.45. The van der Waals surface area contributed by atoms with Crippen LogP contribution in [0.15, 0.2) is 0 Å². The summed E-state index contributed by atoms with van der Waals surface area (Å²) in [6.45, 7) is 8.20. The summed E-state index contributed by atoms with van der Waals surface area (Å²) in [5.74, 6) is -0.377. The van der Waals surface area contributed by atoms with Gasteiger partial charge in [0.15, 0.2) is 5.79 Å². The summed E-state index contributed by atoms with van der Waals surface area (Å²) in [5.41, 5.74) is 0. The molecule has 8 nitrogen and oxygen atoms in total. The Morgan fingerprint density at radius 3 is 2.88 bits per heavy atom. The van der Waals surface area contributed by atoms with E-state index in [2.05, 4.69) is 20.4 Å². The van der Waals surface area contributed by atoms with Crippen molar-refractivity contribution in [3.05, 3.63) is 0 Å². The third-order valence-electron chi connectivity index (χ3n) is 5.02. The smallest absolute Gasteiger partial charge is 0.315 e. The van der Waals surface area contributed by atoms with Crippen molar-refractivity contribution in [2.75, 3.05) is 72.7 Å². The SMILES string of the molecule is COCCN1CCC(NC(=O)NCCN2CCC3(C2)OCCO3)C1. The van der Waals surface area contributed by atoms with Crippen LogP contribution in [0.25, 0.3) is 0 Å². The molecule has 0 radical (unpaired) electrons. The van der Waals surface area contributed by atoms with E-state index in [9.17, 15) is 4.79 Å². The quantitative estimate of drug-likeness (QED) is 0.647. The summed E-state index contributed by atoms with van der Waals surface area (Å²) < 4.78 is 16.5. The highest BCUT2D eigenvalue weighted by molar-refractivity contribution is 5.74. The maximum Gasteiger partial charge on any atom is 0.315 e. The number of carbonyl (C=O) groups excluding carboxylic acids is 1. The van der Waals surface area contributed by atoms with Gasteiger partial charge in [-0.15, -0.1) is 0 Å². The summed E-state index contributed by atoms with van der Waals surface area (Å²) in [4.78, 5) is 16.6. The van der Waals surface area contributed by atoms with Crippen LogP contribution in [0.3, 0.4) is 0 Å². The molecule has 3 fully saturated rings. The molecule has 0 aliphatic carbocycles. The largest absolute Gasteiger partial charge is 0.383 e. The second kappa shape index (κ2) is 8.44. The summed E-state index contributed by atoms with van der Waals surface area (Å²) in [6, 6.07) is 0.160. The van der Waals surface area contributed by atoms with Gasteiger partial charge in [-0.05, 0) is 6.42 Å². The van der Waals surface area contributed by atoms with Crippen molar-refractivity contribution in [1.82, 2.24) is 20.4 Å². The highest BCUT2D eigenvalue weighted by atomic mass is 16.7. The van der Waals surface area contributed by atoms with Crippen molar-refractivity contribution in [1.29, 1.82) is 0 Å². The van der Waals surface area contributed by atoms with Crippen molar-refractivity contribution in [3.63, 3.8) is 0 Å². The lowest BCUT2D eigenvalue weighted by Gasteiger charge is -2.22. The maximum absolute atomic E-state index is 12.0. The van der Waals surface area contributed by atoms with Crippen molar-refractivity contribution in [2.24, 2.45) is 0 Å². The Morgan fingerprint density at radius 1 is 1.25 bits per heavy atom. The molecule has 0 aromatic rings. The van der Waals surface area contributed by atoms with E-state index in [1.807, 2.05) is 0 Å². The summed E-state index contributed by atoms with van der Waals surface area (Å²) in [7, 11) is 1.71. The van der Waals surface area contributed by atoms with Gasteiger partial charge in [-0.25, -0.2) is 4.79 Å². The first kappa shape index (κ1) is 17.9. The van der Waals surface area contributed by atoms with Crippen molar-refractivity contribution in [2.45, 2.75) is 24.7 Å². The first-order chi connectivity index (χ1) is 11.7. The van der Waals surface area contributed by atoms with Crippen LogP contribution in [0, 0.1) is 0 Å². The summed E-state index contributed by atoms with van der Waals surface area (Å²) >= 11 is 0. The maximum atomic E-state index is 12.0. The zero-order valence-electron chi connectivity index (χ0n) is 14.6. The van der Waals surface area contributed by atoms with Crippen LogP contribution in [0.2, 0.25) is 0 Å². The van der Waals surface area contributed by atoms with Crippen molar-refractivity contribution >= 4 is 6.03 Å². The highest BCUT2D eigenvalue weighted by Gasteiger charge is 2.42. The van der Waals surface area contributed by atoms with Crippen LogP contribution in [0.1, 0.15) is 12.8 Å². The average Bonchev–Trinajstić information content (AvgIpc) is 3.29. The molecule has 3 heterocycles. The van der Waals surface area contributed by atoms with E-state index < -0.39 is 0 Å². The van der Waals surface area contributed by atoms with Gasteiger partial charge in [-0.2, -0.15) is 0 Å². The van der Waals surface area contributed by atoms with Crippen LogP contribution < -0.4 is 10.6 Å². The molecule has 2 amide bonds. The number of carbonyl (C=O) groups is 1. The fraction of sp³-hybridized carbons (Fsp3) is 0.938. The molecule has 0 aromatic carbocycles. The van der Waals surface area contributed by atoms with Gasteiger partial charge in [0, 0.05) is 58.8 Å². The number of amides is 2. The number of nitrogens with zero attached hydrogens (tertiary/aromatic N) is 2. The Kier molecular flexibility index (Phi) is 6.29. The average molecular weight is 342 g/mol. The fourth-order valence-corrected chi connectivity index (χ4v) is 3.69. The van der Waals surface area contributed by atoms with E-state index in [-0.39, 0.29) is 17.9 Å². The van der Waals surface area contributed by atoms with Crippen LogP contribution in [0.5, 0.6) is 0 Å². The van der Waals surface area contributed by atoms with Gasteiger partial charge >= 0.3 is 6.03 Å². The molecule has 3 rings (SSSR count). The molecule has 2 N–H and O–H groups in total. The monoisotopic (exact) mass is 342 g/mol. The molecule has 0 saturated carbocycles. The Balaban J connectivity index is 1.27. The zero-order chi connectivity index (χ0) is 16.8. The minimum atomic E-state index is -0.377. The second-order valence-electron chi connectivity index (χ2n) is 6.81. The molecule has 138 valence electrons. The van der Waals surface area contributed by atoms with Gasteiger partial charge in [0.2, 0.25) is 0 Å². The summed E-state index contributed by atoms with van der Waals surface area (Å²) in [6.07, 6.45) is 1.92. The molecular weight excluding hydrogens is 312 g/mol. The van der Waals surface area contributed by atoms with Crippen molar-refractivity contribution in [3.8, 4) is 0 Å². The number of hydrogen-bond acceptors (Lipinski definition) is 6. The summed E-state index contributed by atoms with van der Waals surface area (Å²) in [5, 5.41) is 6.02. The van der Waals surface area contributed by atoms with Crippen LogP contribution in [-0.4, -0.2) is 100 Å². The Morgan fingerprint density at radius 2 is 2.08 bits per heavy atom. The van der Waals surface area contributed by atoms with E-state index in [1.54, 1.807) is 7.11 Å². The number of methoxy groups -OCH3 is 1. The second-order valence-corrected chi connectivity index (χ2v) is 6.81. The number of likely N-dealkylation sites (tertiary alicyclic amines) is 2. The molecule has 0 aromatic heterocycles. The zero-order valence-corrected chi connectivity index (χ0v) is 14.6. The lowest BCUT2D eigenvalue weighted by atomic mass is 10.2. The third-order valence-corrected chi connectivity index (χ3v) is 5.02. The number of nitrogens with one attached hydrogen (secondary N) is 2. The van der Waals surface area contributed by atoms with Crippen LogP contribution >= 0.6 is 0 Å². The van der Waals surface area contributed by atoms with E-state index >= 15 is 0 Å². The van der Waals surface area contributed by atoms with E-state index in [1.165, 1.54) is 0 Å². The molecule has 1 spiro atoms. The molecule has 3 saturated heterocycles. The lowest BCUT2D eigenvalue weighted by molar-refractivity contribution is -0.145. The molecule has 0 bridgehead atoms. The van der Waals surface area contributed by atoms with E-state index in [4.69, 9.17) is 14.2 Å². The first-order valence-corrected chi connectivity index (χ1v) is 8.95.